The average Bonchev–Trinajstić information content (AvgIpc) is 2.89. The summed E-state index contributed by atoms with van der Waals surface area (Å²) in [5, 5.41) is 11.5. The van der Waals surface area contributed by atoms with E-state index in [9.17, 15) is 0 Å². The van der Waals surface area contributed by atoms with E-state index in [2.05, 4.69) is 10.1 Å². The van der Waals surface area contributed by atoms with Gasteiger partial charge in [-0.2, -0.15) is 0 Å². The Kier molecular flexibility index (Phi) is 3.89. The normalized spacial score (nSPS) is 20.7. The van der Waals surface area contributed by atoms with Gasteiger partial charge in [0.2, 0.25) is 0 Å². The first-order valence-corrected chi connectivity index (χ1v) is 5.42. The first-order chi connectivity index (χ1) is 8.29. The zero-order valence-corrected chi connectivity index (χ0v) is 9.37. The lowest BCUT2D eigenvalue weighted by atomic mass is 10.2. The topological polar surface area (TPSA) is 90.0 Å². The van der Waals surface area contributed by atoms with Crippen molar-refractivity contribution in [3.8, 4) is 0 Å². The van der Waals surface area contributed by atoms with Crippen LogP contribution in [0.2, 0.25) is 0 Å². The van der Waals surface area contributed by atoms with E-state index in [1.54, 1.807) is 12.3 Å². The van der Waals surface area contributed by atoms with Crippen LogP contribution in [0.15, 0.2) is 23.5 Å². The van der Waals surface area contributed by atoms with Gasteiger partial charge in [0.1, 0.15) is 5.69 Å². The SMILES string of the molecule is NC(=NO)c1cc(COC2CCOC2)ccn1. The standard InChI is InChI=1S/C11H15N3O3/c12-11(14-15)10-5-8(1-3-13-10)6-17-9-2-4-16-7-9/h1,3,5,9,15H,2,4,6-7H2,(H2,12,14). The number of hydrogen-bond acceptors (Lipinski definition) is 5. The summed E-state index contributed by atoms with van der Waals surface area (Å²) >= 11 is 0. The molecule has 1 aliphatic rings. The first-order valence-electron chi connectivity index (χ1n) is 5.42. The van der Waals surface area contributed by atoms with Gasteiger partial charge in [-0.3, -0.25) is 4.98 Å². The van der Waals surface area contributed by atoms with Crippen molar-refractivity contribution in [1.29, 1.82) is 0 Å². The van der Waals surface area contributed by atoms with Gasteiger partial charge in [0.05, 0.1) is 19.3 Å². The summed E-state index contributed by atoms with van der Waals surface area (Å²) in [7, 11) is 0. The summed E-state index contributed by atoms with van der Waals surface area (Å²) in [5.41, 5.74) is 6.84. The second-order valence-corrected chi connectivity index (χ2v) is 3.83. The summed E-state index contributed by atoms with van der Waals surface area (Å²) < 4.78 is 10.9. The maximum atomic E-state index is 8.56. The highest BCUT2D eigenvalue weighted by atomic mass is 16.5. The molecule has 0 aliphatic carbocycles. The van der Waals surface area contributed by atoms with Gasteiger partial charge in [0, 0.05) is 12.8 Å². The lowest BCUT2D eigenvalue weighted by Crippen LogP contribution is -2.16. The van der Waals surface area contributed by atoms with Crippen LogP contribution in [0.5, 0.6) is 0 Å². The van der Waals surface area contributed by atoms with Crippen molar-refractivity contribution in [2.75, 3.05) is 13.2 Å². The molecule has 3 N–H and O–H groups in total. The smallest absolute Gasteiger partial charge is 0.188 e. The molecule has 1 aromatic rings. The minimum Gasteiger partial charge on any atom is -0.409 e. The number of amidine groups is 1. The van der Waals surface area contributed by atoms with E-state index in [1.807, 2.05) is 6.07 Å². The minimum absolute atomic E-state index is 0.00366. The Morgan fingerprint density at radius 3 is 3.29 bits per heavy atom. The van der Waals surface area contributed by atoms with Gasteiger partial charge in [-0.1, -0.05) is 5.16 Å². The maximum Gasteiger partial charge on any atom is 0.188 e. The van der Waals surface area contributed by atoms with Crippen LogP contribution >= 0.6 is 0 Å². The van der Waals surface area contributed by atoms with E-state index in [4.69, 9.17) is 20.4 Å². The third-order valence-electron chi connectivity index (χ3n) is 2.57. The summed E-state index contributed by atoms with van der Waals surface area (Å²) in [6.07, 6.45) is 2.70. The highest BCUT2D eigenvalue weighted by molar-refractivity contribution is 5.95. The van der Waals surface area contributed by atoms with E-state index in [0.29, 0.717) is 18.9 Å². The van der Waals surface area contributed by atoms with E-state index in [0.717, 1.165) is 18.6 Å². The molecule has 0 bridgehead atoms. The molecule has 0 radical (unpaired) electrons. The van der Waals surface area contributed by atoms with Crippen LogP contribution in [0, 0.1) is 0 Å². The van der Waals surface area contributed by atoms with Crippen molar-refractivity contribution in [2.45, 2.75) is 19.1 Å². The molecule has 0 aromatic carbocycles. The Labute approximate surface area is 99.0 Å². The van der Waals surface area contributed by atoms with E-state index >= 15 is 0 Å². The van der Waals surface area contributed by atoms with E-state index in [1.165, 1.54) is 0 Å². The molecule has 6 heteroatoms. The minimum atomic E-state index is -0.00366. The van der Waals surface area contributed by atoms with Gasteiger partial charge < -0.3 is 20.4 Å². The number of hydrogen-bond donors (Lipinski definition) is 2. The fraction of sp³-hybridized carbons (Fsp3) is 0.455. The average molecular weight is 237 g/mol. The molecule has 0 saturated carbocycles. The van der Waals surface area contributed by atoms with Gasteiger partial charge in [0.15, 0.2) is 5.84 Å². The number of oxime groups is 1. The quantitative estimate of drug-likeness (QED) is 0.344. The van der Waals surface area contributed by atoms with Crippen molar-refractivity contribution in [1.82, 2.24) is 4.98 Å². The van der Waals surface area contributed by atoms with Gasteiger partial charge in [-0.15, -0.1) is 0 Å². The zero-order chi connectivity index (χ0) is 12.1. The van der Waals surface area contributed by atoms with Crippen LogP contribution in [-0.4, -0.2) is 35.3 Å². The molecule has 1 aromatic heterocycles. The molecular formula is C11H15N3O3. The molecule has 0 spiro atoms. The Morgan fingerprint density at radius 2 is 2.59 bits per heavy atom. The summed E-state index contributed by atoms with van der Waals surface area (Å²) in [5.74, 6) is -0.00366. The summed E-state index contributed by atoms with van der Waals surface area (Å²) in [4.78, 5) is 3.99. The van der Waals surface area contributed by atoms with Gasteiger partial charge in [-0.05, 0) is 24.1 Å². The Balaban J connectivity index is 1.96. The number of nitrogens with zero attached hydrogens (tertiary/aromatic N) is 2. The molecule has 0 amide bonds. The van der Waals surface area contributed by atoms with Crippen LogP contribution in [0.3, 0.4) is 0 Å². The largest absolute Gasteiger partial charge is 0.409 e. The maximum absolute atomic E-state index is 8.56. The van der Waals surface area contributed by atoms with Crippen LogP contribution < -0.4 is 5.73 Å². The molecule has 2 rings (SSSR count). The number of pyridine rings is 1. The molecule has 92 valence electrons. The predicted octanol–water partition coefficient (Wildman–Crippen LogP) is 0.482. The third-order valence-corrected chi connectivity index (χ3v) is 2.57. The number of aromatic nitrogens is 1. The van der Waals surface area contributed by atoms with Crippen LogP contribution in [0.4, 0.5) is 0 Å². The van der Waals surface area contributed by atoms with Gasteiger partial charge in [0.25, 0.3) is 0 Å². The fourth-order valence-corrected chi connectivity index (χ4v) is 1.61. The van der Waals surface area contributed by atoms with Crippen molar-refractivity contribution < 1.29 is 14.7 Å². The van der Waals surface area contributed by atoms with Gasteiger partial charge in [-0.25, -0.2) is 0 Å². The molecule has 1 unspecified atom stereocenters. The predicted molar refractivity (Wildman–Crippen MR) is 60.8 cm³/mol. The highest BCUT2D eigenvalue weighted by Crippen LogP contribution is 2.11. The fourth-order valence-electron chi connectivity index (χ4n) is 1.61. The van der Waals surface area contributed by atoms with E-state index < -0.39 is 0 Å². The molecular weight excluding hydrogens is 222 g/mol. The van der Waals surface area contributed by atoms with Crippen molar-refractivity contribution in [3.05, 3.63) is 29.6 Å². The third kappa shape index (κ3) is 3.15. The molecule has 6 nitrogen and oxygen atoms in total. The van der Waals surface area contributed by atoms with Crippen molar-refractivity contribution in [3.63, 3.8) is 0 Å². The monoisotopic (exact) mass is 237 g/mol. The Bertz CT molecular complexity index is 403. The molecule has 1 atom stereocenters. The number of ether oxygens (including phenoxy) is 2. The molecule has 1 saturated heterocycles. The lowest BCUT2D eigenvalue weighted by molar-refractivity contribution is 0.0317. The molecule has 2 heterocycles. The molecule has 17 heavy (non-hydrogen) atoms. The van der Waals surface area contributed by atoms with Gasteiger partial charge >= 0.3 is 0 Å². The summed E-state index contributed by atoms with van der Waals surface area (Å²) in [6, 6.07) is 3.58. The molecule has 1 fully saturated rings. The summed E-state index contributed by atoms with van der Waals surface area (Å²) in [6.45, 7) is 1.89. The highest BCUT2D eigenvalue weighted by Gasteiger charge is 2.15. The second-order valence-electron chi connectivity index (χ2n) is 3.83. The Morgan fingerprint density at radius 1 is 1.71 bits per heavy atom. The number of rotatable bonds is 4. The van der Waals surface area contributed by atoms with Crippen LogP contribution in [-0.2, 0) is 16.1 Å². The van der Waals surface area contributed by atoms with E-state index in [-0.39, 0.29) is 11.9 Å². The number of nitrogens with two attached hydrogens (primary N) is 1. The van der Waals surface area contributed by atoms with Crippen molar-refractivity contribution in [2.24, 2.45) is 10.9 Å². The van der Waals surface area contributed by atoms with Crippen LogP contribution in [0.1, 0.15) is 17.7 Å². The Hall–Kier alpha value is -1.66. The lowest BCUT2D eigenvalue weighted by Gasteiger charge is -2.10. The first kappa shape index (κ1) is 11.8. The second kappa shape index (κ2) is 5.60. The zero-order valence-electron chi connectivity index (χ0n) is 9.37. The van der Waals surface area contributed by atoms with Crippen molar-refractivity contribution >= 4 is 5.84 Å². The molecule has 1 aliphatic heterocycles. The van der Waals surface area contributed by atoms with Crippen LogP contribution in [0.25, 0.3) is 0 Å².